The van der Waals surface area contributed by atoms with Gasteiger partial charge in [0, 0.05) is 73.5 Å². The van der Waals surface area contributed by atoms with Crippen LogP contribution in [0.4, 0.5) is 21.5 Å². The van der Waals surface area contributed by atoms with E-state index in [-0.39, 0.29) is 72.2 Å². The van der Waals surface area contributed by atoms with Crippen molar-refractivity contribution in [3.8, 4) is 68.8 Å². The fourth-order valence-corrected chi connectivity index (χ4v) is 13.4. The van der Waals surface area contributed by atoms with Crippen molar-refractivity contribution in [2.24, 2.45) is 45.5 Å². The lowest BCUT2D eigenvalue weighted by molar-refractivity contribution is -0.128. The molecule has 18 nitrogen and oxygen atoms in total. The van der Waals surface area contributed by atoms with Crippen LogP contribution in [0.15, 0.2) is 137 Å². The largest absolute Gasteiger partial charge is 0.489 e. The van der Waals surface area contributed by atoms with E-state index in [9.17, 15) is 35.0 Å². The highest BCUT2D eigenvalue weighted by atomic mass is 19.1. The quantitative estimate of drug-likeness (QED) is 0.0771. The number of nitrogens with zero attached hydrogens (tertiary/aromatic N) is 6. The third-order valence-corrected chi connectivity index (χ3v) is 19.5. The van der Waals surface area contributed by atoms with Crippen LogP contribution in [0.3, 0.4) is 0 Å². The molecule has 6 aromatic carbocycles. The number of benzene rings is 6. The maximum atomic E-state index is 15.0. The van der Waals surface area contributed by atoms with E-state index in [4.69, 9.17) is 23.7 Å². The van der Waals surface area contributed by atoms with Gasteiger partial charge in [0.2, 0.25) is 17.7 Å². The molecule has 14 rings (SSSR count). The van der Waals surface area contributed by atoms with Crippen molar-refractivity contribution in [2.45, 2.75) is 128 Å². The van der Waals surface area contributed by atoms with Gasteiger partial charge in [-0.05, 0) is 169 Å². The number of piperidine rings is 1. The van der Waals surface area contributed by atoms with E-state index in [1.54, 1.807) is 19.1 Å². The van der Waals surface area contributed by atoms with Crippen LogP contribution in [0.2, 0.25) is 0 Å². The van der Waals surface area contributed by atoms with E-state index in [0.717, 1.165) is 115 Å². The van der Waals surface area contributed by atoms with Crippen LogP contribution in [0.5, 0.6) is 17.2 Å². The molecule has 0 aromatic heterocycles. The average Bonchev–Trinajstić information content (AvgIpc) is 1.60. The second-order valence-corrected chi connectivity index (χ2v) is 26.7. The molecule has 8 aliphatic rings. The Morgan fingerprint density at radius 2 is 1.00 bits per heavy atom. The van der Waals surface area contributed by atoms with E-state index in [1.807, 2.05) is 115 Å². The first-order valence-electron chi connectivity index (χ1n) is 34.3. The van der Waals surface area contributed by atoms with E-state index in [1.165, 1.54) is 24.2 Å². The fourth-order valence-electron chi connectivity index (χ4n) is 13.4. The zero-order chi connectivity index (χ0) is 67.4. The smallest absolute Gasteiger partial charge is 0.270 e. The van der Waals surface area contributed by atoms with Gasteiger partial charge in [0.05, 0.1) is 56.2 Å². The molecule has 6 aromatic rings. The number of rotatable bonds is 17. The Morgan fingerprint density at radius 1 is 0.546 bits per heavy atom. The molecule has 4 aliphatic heterocycles. The number of hydrogen-bond donors (Lipinski definition) is 3. The number of nitrogens with one attached hydrogen (secondary N) is 3. The normalized spacial score (nSPS) is 22.1. The lowest BCUT2D eigenvalue weighted by Gasteiger charge is -2.34. The molecular weight excluding hydrogens is 1230 g/mol. The molecule has 2 unspecified atom stereocenters. The molecule has 3 N–H and O–H groups in total. The number of likely N-dealkylation sites (tertiary alicyclic amines) is 1. The van der Waals surface area contributed by atoms with Crippen LogP contribution in [0.1, 0.15) is 120 Å². The third-order valence-electron chi connectivity index (χ3n) is 19.5. The van der Waals surface area contributed by atoms with E-state index in [2.05, 4.69) is 51.1 Å². The summed E-state index contributed by atoms with van der Waals surface area (Å²) < 4.78 is 43.8. The molecule has 0 spiro atoms. The Bertz CT molecular complexity index is 4070. The number of halogens is 1. The number of hydrogen-bond acceptors (Lipinski definition) is 14. The highest BCUT2D eigenvalue weighted by molar-refractivity contribution is 6.42. The van der Waals surface area contributed by atoms with Crippen LogP contribution < -0.4 is 30.2 Å². The van der Waals surface area contributed by atoms with Crippen LogP contribution in [-0.4, -0.2) is 111 Å². The topological polar surface area (TPSA) is 250 Å². The van der Waals surface area contributed by atoms with Crippen LogP contribution in [-0.2, 0) is 28.7 Å². The minimum atomic E-state index is -1.40. The SMILES string of the molecule is CC1=NCC(C(=O)N2CC[C@H](Oc3ccc(-c4cccc(NC(=O)C5CC5C)c4)cc3C#N)[C@H](F)C2)=N1.N#Cc1cc(-c2cccc(NC(=O)C3CCCCC3)c2)ccc1OC1CCOCC1.N#Cc1cc(-c2cccc(NC(=O)[C@H]3C[C@@H]3C3CC3)c2)ccc1OC1CCOCC1. The van der Waals surface area contributed by atoms with Crippen molar-refractivity contribution in [2.75, 3.05) is 62.0 Å². The van der Waals surface area contributed by atoms with Crippen molar-refractivity contribution in [1.29, 1.82) is 15.8 Å². The van der Waals surface area contributed by atoms with Crippen LogP contribution in [0.25, 0.3) is 33.4 Å². The van der Waals surface area contributed by atoms with Crippen molar-refractivity contribution in [3.63, 3.8) is 0 Å². The Labute approximate surface area is 566 Å². The molecule has 19 heteroatoms. The number of carbonyl (C=O) groups excluding carboxylic acids is 4. The summed E-state index contributed by atoms with van der Waals surface area (Å²) in [5.74, 6) is 4.28. The first-order valence-corrected chi connectivity index (χ1v) is 34.3. The summed E-state index contributed by atoms with van der Waals surface area (Å²) in [4.78, 5) is 59.7. The summed E-state index contributed by atoms with van der Waals surface area (Å²) in [6.45, 7) is 7.04. The number of carbonyl (C=O) groups is 4. The van der Waals surface area contributed by atoms with Gasteiger partial charge in [0.1, 0.15) is 65.3 Å². The van der Waals surface area contributed by atoms with E-state index in [0.29, 0.717) is 96.8 Å². The maximum Gasteiger partial charge on any atom is 0.270 e. The molecule has 6 atom stereocenters. The average molecular weight is 1310 g/mol. The van der Waals surface area contributed by atoms with Gasteiger partial charge in [-0.3, -0.25) is 24.2 Å². The Kier molecular flexibility index (Phi) is 21.8. The zero-order valence-corrected chi connectivity index (χ0v) is 55.0. The first-order chi connectivity index (χ1) is 47.2. The Balaban J connectivity index is 0.000000140. The second-order valence-electron chi connectivity index (χ2n) is 26.7. The molecule has 0 bridgehead atoms. The predicted molar refractivity (Wildman–Crippen MR) is 369 cm³/mol. The predicted octanol–water partition coefficient (Wildman–Crippen LogP) is 14.1. The number of alkyl halides is 1. The highest BCUT2D eigenvalue weighted by Gasteiger charge is 2.51. The van der Waals surface area contributed by atoms with Gasteiger partial charge in [-0.1, -0.05) is 80.8 Å². The Morgan fingerprint density at radius 3 is 1.43 bits per heavy atom. The molecule has 3 saturated heterocycles. The molecule has 4 aliphatic carbocycles. The van der Waals surface area contributed by atoms with Gasteiger partial charge in [-0.25, -0.2) is 9.38 Å². The lowest BCUT2D eigenvalue weighted by atomic mass is 9.88. The van der Waals surface area contributed by atoms with E-state index >= 15 is 4.39 Å². The number of aliphatic imine (C=N–C) groups is 2. The number of nitriles is 3. The second kappa shape index (κ2) is 31.4. The first kappa shape index (κ1) is 67.2. The van der Waals surface area contributed by atoms with Crippen molar-refractivity contribution < 1.29 is 47.3 Å². The van der Waals surface area contributed by atoms with Crippen molar-refractivity contribution in [3.05, 3.63) is 144 Å². The number of amides is 4. The van der Waals surface area contributed by atoms with Crippen molar-refractivity contribution in [1.82, 2.24) is 4.90 Å². The van der Waals surface area contributed by atoms with Gasteiger partial charge in [0.15, 0.2) is 6.17 Å². The molecule has 97 heavy (non-hydrogen) atoms. The summed E-state index contributed by atoms with van der Waals surface area (Å²) in [5.41, 5.74) is 9.40. The summed E-state index contributed by atoms with van der Waals surface area (Å²) in [6, 6.07) is 46.3. The lowest BCUT2D eigenvalue weighted by Crippen LogP contribution is -2.51. The maximum absolute atomic E-state index is 15.0. The molecule has 0 radical (unpaired) electrons. The minimum absolute atomic E-state index is 0.0271. The highest BCUT2D eigenvalue weighted by Crippen LogP contribution is 2.54. The monoisotopic (exact) mass is 1310 g/mol. The van der Waals surface area contributed by atoms with E-state index < -0.39 is 12.3 Å². The molecule has 4 amide bonds. The zero-order valence-electron chi connectivity index (χ0n) is 55.0. The standard InChI is InChI=1S/C28H28FN5O3.C25H26N2O3.C25H28N2O3/c1-16-10-22(16)27(35)33-21-5-3-4-18(12-21)19-6-7-25(20(11-19)13-30)37-26-8-9-34(15-23(26)29)28(36)24-14-31-17(2)32-24;26-15-19-12-18(6-7-24(19)30-21-8-10-29-11-9-21)17-2-1-3-20(13-17)27-25(28)23-14-22(23)16-4-5-16;26-17-21-15-20(9-10-24(21)30-23-11-13-29-14-12-23)19-7-4-8-22(16-19)27-25(28)18-5-2-1-3-6-18/h3-7,11-12,16,22-23,26H,8-10,14-15H2,1-2H3,(H,33,35);1-3,6-7,12-13,16,21-23H,4-5,8-11,14H2,(H,27,28);4,7-10,15-16,18,23H,1-3,5-6,11-14H2,(H,27,28)/t16?,22?,23-,26+;22-,23+;/m11./s1. The summed E-state index contributed by atoms with van der Waals surface area (Å²) in [7, 11) is 0. The van der Waals surface area contributed by atoms with Gasteiger partial charge < -0.3 is 44.5 Å². The van der Waals surface area contributed by atoms with Crippen LogP contribution in [0, 0.1) is 69.5 Å². The van der Waals surface area contributed by atoms with Gasteiger partial charge >= 0.3 is 0 Å². The fraction of sp³-hybridized carbons (Fsp3) is 0.423. The number of amidine groups is 1. The third kappa shape index (κ3) is 17.7. The van der Waals surface area contributed by atoms with Gasteiger partial charge in [-0.15, -0.1) is 0 Å². The Hall–Kier alpha value is -9.74. The summed E-state index contributed by atoms with van der Waals surface area (Å²) >= 11 is 0. The molecular formula is C78H82FN9O9. The molecule has 4 saturated carbocycles. The van der Waals surface area contributed by atoms with Crippen molar-refractivity contribution >= 4 is 52.2 Å². The summed E-state index contributed by atoms with van der Waals surface area (Å²) in [5, 5.41) is 38.1. The minimum Gasteiger partial charge on any atom is -0.489 e. The molecule has 500 valence electrons. The molecule has 4 heterocycles. The number of ether oxygens (including phenoxy) is 5. The summed E-state index contributed by atoms with van der Waals surface area (Å²) in [6.07, 6.45) is 11.7. The van der Waals surface area contributed by atoms with Gasteiger partial charge in [0.25, 0.3) is 5.91 Å². The van der Waals surface area contributed by atoms with Crippen LogP contribution >= 0.6 is 0 Å². The number of anilines is 3. The molecule has 7 fully saturated rings. The van der Waals surface area contributed by atoms with Gasteiger partial charge in [-0.2, -0.15) is 15.8 Å².